The van der Waals surface area contributed by atoms with Gasteiger partial charge in [0.2, 0.25) is 23.6 Å². The van der Waals surface area contributed by atoms with E-state index in [1.54, 1.807) is 20.0 Å². The van der Waals surface area contributed by atoms with Gasteiger partial charge in [-0.1, -0.05) is 32.0 Å². The van der Waals surface area contributed by atoms with Crippen molar-refractivity contribution in [2.45, 2.75) is 57.3 Å². The third-order valence-corrected chi connectivity index (χ3v) is 6.23. The van der Waals surface area contributed by atoms with Crippen molar-refractivity contribution in [1.82, 2.24) is 20.9 Å². The first-order valence-electron chi connectivity index (χ1n) is 11.8. The Hall–Kier alpha value is -3.58. The van der Waals surface area contributed by atoms with E-state index < -0.39 is 53.8 Å². The van der Waals surface area contributed by atoms with Gasteiger partial charge in [-0.25, -0.2) is 4.79 Å². The first-order valence-corrected chi connectivity index (χ1v) is 12.4. The third kappa shape index (κ3) is 8.50. The highest BCUT2D eigenvalue weighted by Gasteiger charge is 2.31. The Labute approximate surface area is 219 Å². The molecule has 0 spiro atoms. The van der Waals surface area contributed by atoms with Gasteiger partial charge in [-0.3, -0.25) is 19.2 Å². The molecule has 37 heavy (non-hydrogen) atoms. The Balaban J connectivity index is 2.32. The van der Waals surface area contributed by atoms with Gasteiger partial charge in [0.1, 0.15) is 18.1 Å². The van der Waals surface area contributed by atoms with Crippen LogP contribution in [0.5, 0.6) is 0 Å². The lowest BCUT2D eigenvalue weighted by atomic mass is 10.0. The molecule has 13 heteroatoms. The monoisotopic (exact) mass is 534 g/mol. The lowest BCUT2D eigenvalue weighted by Gasteiger charge is -2.25. The number of benzene rings is 1. The molecular formula is C24H34N6O6S. The topological polar surface area (TPSA) is 209 Å². The molecule has 0 saturated carbocycles. The summed E-state index contributed by atoms with van der Waals surface area (Å²) in [5, 5.41) is 17.6. The number of aromatic nitrogens is 1. The summed E-state index contributed by atoms with van der Waals surface area (Å²) in [6, 6.07) is 2.75. The average molecular weight is 535 g/mol. The minimum atomic E-state index is -1.28. The number of aromatic amines is 1. The number of carboxylic acids is 1. The quantitative estimate of drug-likeness (QED) is 0.148. The van der Waals surface area contributed by atoms with Gasteiger partial charge in [0.05, 0.1) is 6.04 Å². The van der Waals surface area contributed by atoms with Crippen LogP contribution in [0, 0.1) is 5.92 Å². The van der Waals surface area contributed by atoms with Gasteiger partial charge in [0, 0.05) is 35.7 Å². The highest BCUT2D eigenvalue weighted by molar-refractivity contribution is 7.80. The van der Waals surface area contributed by atoms with Crippen molar-refractivity contribution in [3.8, 4) is 0 Å². The van der Waals surface area contributed by atoms with Crippen LogP contribution < -0.4 is 27.4 Å². The van der Waals surface area contributed by atoms with Crippen LogP contribution in [0.25, 0.3) is 10.9 Å². The molecular weight excluding hydrogens is 500 g/mol. The summed E-state index contributed by atoms with van der Waals surface area (Å²) >= 11 is 3.97. The van der Waals surface area contributed by atoms with E-state index >= 15 is 0 Å². The maximum absolute atomic E-state index is 13.2. The number of carboxylic acid groups (broad SMARTS) is 1. The molecule has 12 nitrogen and oxygen atoms in total. The van der Waals surface area contributed by atoms with Crippen LogP contribution in [0.15, 0.2) is 30.5 Å². The molecule has 1 aromatic heterocycles. The van der Waals surface area contributed by atoms with Crippen molar-refractivity contribution in [3.63, 3.8) is 0 Å². The number of primary amides is 1. The number of amides is 4. The molecule has 1 aromatic carbocycles. The fourth-order valence-electron chi connectivity index (χ4n) is 3.59. The summed E-state index contributed by atoms with van der Waals surface area (Å²) in [5.74, 6) is -4.43. The summed E-state index contributed by atoms with van der Waals surface area (Å²) in [4.78, 5) is 64.8. The molecule has 2 aromatic rings. The lowest BCUT2D eigenvalue weighted by Crippen LogP contribution is -2.58. The van der Waals surface area contributed by atoms with E-state index in [1.165, 1.54) is 0 Å². The number of fused-ring (bicyclic) bond motifs is 1. The predicted octanol–water partition coefficient (Wildman–Crippen LogP) is -0.572. The molecule has 4 atom stereocenters. The van der Waals surface area contributed by atoms with E-state index in [9.17, 15) is 29.1 Å². The van der Waals surface area contributed by atoms with Gasteiger partial charge >= 0.3 is 5.97 Å². The van der Waals surface area contributed by atoms with Crippen molar-refractivity contribution in [1.29, 1.82) is 0 Å². The van der Waals surface area contributed by atoms with Crippen molar-refractivity contribution < 1.29 is 29.1 Å². The second-order valence-electron chi connectivity index (χ2n) is 9.04. The van der Waals surface area contributed by atoms with Crippen LogP contribution in [-0.2, 0) is 30.4 Å². The third-order valence-electron chi connectivity index (χ3n) is 5.86. The van der Waals surface area contributed by atoms with E-state index in [4.69, 9.17) is 11.5 Å². The number of nitrogens with one attached hydrogen (secondary N) is 4. The van der Waals surface area contributed by atoms with Crippen LogP contribution in [-0.4, -0.2) is 69.6 Å². The van der Waals surface area contributed by atoms with E-state index in [1.807, 2.05) is 24.3 Å². The van der Waals surface area contributed by atoms with Crippen LogP contribution in [0.2, 0.25) is 0 Å². The molecule has 0 fully saturated rings. The van der Waals surface area contributed by atoms with Crippen LogP contribution >= 0.6 is 12.6 Å². The molecule has 0 aliphatic heterocycles. The number of H-pyrrole nitrogens is 1. The minimum absolute atomic E-state index is 0.0164. The van der Waals surface area contributed by atoms with Crippen molar-refractivity contribution in [3.05, 3.63) is 36.0 Å². The van der Waals surface area contributed by atoms with E-state index in [2.05, 4.69) is 33.6 Å². The Morgan fingerprint density at radius 2 is 1.57 bits per heavy atom. The standard InChI is InChI=1S/C24H34N6O6S/c1-12(2)20(26)23(34)28-16(7-8-19(25)31)21(32)29-17(22(33)30-18(11-37)24(35)36)9-13-10-27-15-6-4-3-5-14(13)15/h3-6,10,12,16-18,20,27,37H,7-9,11,26H2,1-2H3,(H2,25,31)(H,28,34)(H,29,32)(H,30,33)(H,35,36). The van der Waals surface area contributed by atoms with Crippen molar-refractivity contribution >= 4 is 53.1 Å². The number of rotatable bonds is 14. The zero-order valence-corrected chi connectivity index (χ0v) is 21.6. The summed E-state index contributed by atoms with van der Waals surface area (Å²) in [6.07, 6.45) is 1.39. The molecule has 202 valence electrons. The maximum Gasteiger partial charge on any atom is 0.327 e. The number of carbonyl (C=O) groups is 5. The van der Waals surface area contributed by atoms with Crippen LogP contribution in [0.4, 0.5) is 0 Å². The molecule has 4 amide bonds. The fraction of sp³-hybridized carbons (Fsp3) is 0.458. The minimum Gasteiger partial charge on any atom is -0.480 e. The summed E-state index contributed by atoms with van der Waals surface area (Å²) in [7, 11) is 0. The second kappa shape index (κ2) is 13.7. The molecule has 0 radical (unpaired) electrons. The number of carbonyl (C=O) groups excluding carboxylic acids is 4. The average Bonchev–Trinajstić information content (AvgIpc) is 3.26. The van der Waals surface area contributed by atoms with Gasteiger partial charge < -0.3 is 37.5 Å². The predicted molar refractivity (Wildman–Crippen MR) is 141 cm³/mol. The van der Waals surface area contributed by atoms with Gasteiger partial charge in [0.25, 0.3) is 0 Å². The number of para-hydroxylation sites is 1. The van der Waals surface area contributed by atoms with Crippen LogP contribution in [0.3, 0.4) is 0 Å². The first kappa shape index (κ1) is 29.6. The summed E-state index contributed by atoms with van der Waals surface area (Å²) in [6.45, 7) is 3.48. The molecule has 0 aliphatic carbocycles. The molecule has 1 heterocycles. The van der Waals surface area contributed by atoms with Crippen LogP contribution in [0.1, 0.15) is 32.3 Å². The van der Waals surface area contributed by atoms with Gasteiger partial charge in [-0.15, -0.1) is 0 Å². The number of nitrogens with two attached hydrogens (primary N) is 2. The van der Waals surface area contributed by atoms with Gasteiger partial charge in [-0.05, 0) is 24.0 Å². The van der Waals surface area contributed by atoms with Gasteiger partial charge in [0.15, 0.2) is 0 Å². The smallest absolute Gasteiger partial charge is 0.327 e. The zero-order chi connectivity index (χ0) is 27.7. The molecule has 0 bridgehead atoms. The molecule has 9 N–H and O–H groups in total. The lowest BCUT2D eigenvalue weighted by molar-refractivity contribution is -0.141. The number of thiol groups is 1. The fourth-order valence-corrected chi connectivity index (χ4v) is 3.83. The number of hydrogen-bond donors (Lipinski definition) is 8. The number of aliphatic carboxylic acids is 1. The largest absolute Gasteiger partial charge is 0.480 e. The molecule has 4 unspecified atom stereocenters. The van der Waals surface area contributed by atoms with E-state index in [-0.39, 0.29) is 30.9 Å². The molecule has 2 rings (SSSR count). The normalized spacial score (nSPS) is 14.4. The van der Waals surface area contributed by atoms with Gasteiger partial charge in [-0.2, -0.15) is 12.6 Å². The highest BCUT2D eigenvalue weighted by Crippen LogP contribution is 2.19. The molecule has 0 aliphatic rings. The molecule has 0 saturated heterocycles. The Morgan fingerprint density at radius 3 is 2.16 bits per heavy atom. The maximum atomic E-state index is 13.2. The Morgan fingerprint density at radius 1 is 0.973 bits per heavy atom. The Kier molecular flexibility index (Phi) is 10.9. The highest BCUT2D eigenvalue weighted by atomic mass is 32.1. The number of hydrogen-bond acceptors (Lipinski definition) is 7. The van der Waals surface area contributed by atoms with E-state index in [0.717, 1.165) is 10.9 Å². The SMILES string of the molecule is CC(C)C(N)C(=O)NC(CCC(N)=O)C(=O)NC(Cc1c[nH]c2ccccc12)C(=O)NC(CS)C(=O)O. The Bertz CT molecular complexity index is 1140. The first-order chi connectivity index (χ1) is 17.4. The van der Waals surface area contributed by atoms with Crippen molar-refractivity contribution in [2.24, 2.45) is 17.4 Å². The zero-order valence-electron chi connectivity index (χ0n) is 20.7. The van der Waals surface area contributed by atoms with E-state index in [0.29, 0.717) is 5.56 Å². The second-order valence-corrected chi connectivity index (χ2v) is 9.41. The summed E-state index contributed by atoms with van der Waals surface area (Å²) < 4.78 is 0. The van der Waals surface area contributed by atoms with Crippen molar-refractivity contribution in [2.75, 3.05) is 5.75 Å². The summed E-state index contributed by atoms with van der Waals surface area (Å²) in [5.41, 5.74) is 12.6.